The van der Waals surface area contributed by atoms with E-state index in [1.54, 1.807) is 25.2 Å². The molecule has 156 valence electrons. The second kappa shape index (κ2) is 10.8. The van der Waals surface area contributed by atoms with Gasteiger partial charge in [0.1, 0.15) is 5.75 Å². The molecule has 2 atom stereocenters. The van der Waals surface area contributed by atoms with Gasteiger partial charge in [-0.15, -0.1) is 0 Å². The van der Waals surface area contributed by atoms with Gasteiger partial charge in [-0.05, 0) is 37.1 Å². The van der Waals surface area contributed by atoms with Crippen LogP contribution in [-0.4, -0.2) is 39.1 Å². The maximum absolute atomic E-state index is 12.4. The van der Waals surface area contributed by atoms with Gasteiger partial charge < -0.3 is 20.3 Å². The number of ether oxygens (including phenoxy) is 1. The van der Waals surface area contributed by atoms with E-state index in [-0.39, 0.29) is 30.9 Å². The predicted molar refractivity (Wildman–Crippen MR) is 116 cm³/mol. The smallest absolute Gasteiger partial charge is 0.279 e. The van der Waals surface area contributed by atoms with Crippen LogP contribution in [0.15, 0.2) is 42.5 Å². The summed E-state index contributed by atoms with van der Waals surface area (Å²) in [4.78, 5) is 25.6. The molecule has 0 aliphatic carbocycles. The number of methoxy groups -OCH3 is 1. The number of hydrogen-bond donors (Lipinski definition) is 3. The Kier molecular flexibility index (Phi) is 8.49. The fourth-order valence-electron chi connectivity index (χ4n) is 3.05. The molecule has 0 aromatic heterocycles. The molecular formula is C22H29ClN3O3+. The van der Waals surface area contributed by atoms with Crippen molar-refractivity contribution in [2.75, 3.05) is 32.6 Å². The summed E-state index contributed by atoms with van der Waals surface area (Å²) < 4.78 is 5.23. The highest BCUT2D eigenvalue weighted by Gasteiger charge is 2.18. The number of aryl methyl sites for hydroxylation is 1. The Labute approximate surface area is 177 Å². The fraction of sp³-hybridized carbons (Fsp3) is 0.364. The number of carbonyl (C=O) groups is 2. The van der Waals surface area contributed by atoms with E-state index >= 15 is 0 Å². The lowest BCUT2D eigenvalue weighted by atomic mass is 10.0. The highest BCUT2D eigenvalue weighted by atomic mass is 35.5. The zero-order valence-corrected chi connectivity index (χ0v) is 18.1. The summed E-state index contributed by atoms with van der Waals surface area (Å²) in [7, 11) is 3.33. The highest BCUT2D eigenvalue weighted by molar-refractivity contribution is 6.31. The van der Waals surface area contributed by atoms with E-state index < -0.39 is 0 Å². The van der Waals surface area contributed by atoms with Crippen molar-refractivity contribution < 1.29 is 19.2 Å². The molecule has 0 radical (unpaired) electrons. The third-order valence-electron chi connectivity index (χ3n) is 4.58. The molecule has 3 N–H and O–H groups in total. The maximum Gasteiger partial charge on any atom is 0.279 e. The Morgan fingerprint density at radius 1 is 1.10 bits per heavy atom. The van der Waals surface area contributed by atoms with E-state index in [4.69, 9.17) is 16.3 Å². The molecule has 2 amide bonds. The number of quaternary nitrogens is 1. The normalized spacial score (nSPS) is 12.7. The first kappa shape index (κ1) is 22.7. The van der Waals surface area contributed by atoms with Crippen molar-refractivity contribution in [1.29, 1.82) is 0 Å². The molecule has 0 aliphatic rings. The summed E-state index contributed by atoms with van der Waals surface area (Å²) in [5.41, 5.74) is 2.77. The van der Waals surface area contributed by atoms with Crippen LogP contribution in [0.4, 0.5) is 5.69 Å². The predicted octanol–water partition coefficient (Wildman–Crippen LogP) is 2.38. The molecule has 0 aliphatic heterocycles. The minimum atomic E-state index is -0.221. The van der Waals surface area contributed by atoms with Crippen LogP contribution in [0, 0.1) is 6.92 Å². The fourth-order valence-corrected chi connectivity index (χ4v) is 3.22. The molecule has 1 unspecified atom stereocenters. The van der Waals surface area contributed by atoms with Crippen LogP contribution in [0.1, 0.15) is 30.5 Å². The Balaban J connectivity index is 1.88. The SMILES string of the molecule is CC[C@@H](NC(=O)C[NH+](C)CC(=O)Nc1cc(Cl)ccc1OC)c1ccc(C)cc1. The average molecular weight is 419 g/mol. The van der Waals surface area contributed by atoms with Crippen molar-refractivity contribution in [3.05, 3.63) is 58.6 Å². The molecule has 0 fully saturated rings. The molecule has 7 heteroatoms. The van der Waals surface area contributed by atoms with Gasteiger partial charge in [0, 0.05) is 5.02 Å². The zero-order chi connectivity index (χ0) is 21.4. The standard InChI is InChI=1S/C22H28ClN3O3/c1-5-18(16-8-6-15(2)7-9-16)24-21(27)13-26(3)14-22(28)25-19-12-17(23)10-11-20(19)29-4/h6-12,18H,5,13-14H2,1-4H3,(H,24,27)(H,25,28)/p+1/t18-/m1/s1. The van der Waals surface area contributed by atoms with Crippen LogP contribution in [0.25, 0.3) is 0 Å². The van der Waals surface area contributed by atoms with Crippen molar-refractivity contribution in [3.8, 4) is 5.75 Å². The Bertz CT molecular complexity index is 840. The van der Waals surface area contributed by atoms with Gasteiger partial charge in [0.15, 0.2) is 13.1 Å². The lowest BCUT2D eigenvalue weighted by Crippen LogP contribution is -3.11. The average Bonchev–Trinajstić information content (AvgIpc) is 2.66. The summed E-state index contributed by atoms with van der Waals surface area (Å²) >= 11 is 5.99. The lowest BCUT2D eigenvalue weighted by Gasteiger charge is -2.19. The molecular weight excluding hydrogens is 390 g/mol. The van der Waals surface area contributed by atoms with Gasteiger partial charge in [0.05, 0.1) is 25.9 Å². The summed E-state index contributed by atoms with van der Waals surface area (Å²) in [6.45, 7) is 4.41. The number of halogens is 1. The van der Waals surface area contributed by atoms with Gasteiger partial charge in [-0.25, -0.2) is 0 Å². The van der Waals surface area contributed by atoms with Crippen LogP contribution >= 0.6 is 11.6 Å². The molecule has 0 heterocycles. The monoisotopic (exact) mass is 418 g/mol. The third-order valence-corrected chi connectivity index (χ3v) is 4.82. The topological polar surface area (TPSA) is 71.9 Å². The number of nitrogens with one attached hydrogen (secondary N) is 3. The first-order valence-electron chi connectivity index (χ1n) is 9.63. The van der Waals surface area contributed by atoms with Gasteiger partial charge in [-0.3, -0.25) is 9.59 Å². The van der Waals surface area contributed by atoms with E-state index in [1.807, 2.05) is 38.1 Å². The third kappa shape index (κ3) is 7.07. The molecule has 0 bridgehead atoms. The van der Waals surface area contributed by atoms with Crippen LogP contribution in [0.2, 0.25) is 5.02 Å². The quantitative estimate of drug-likeness (QED) is 0.585. The molecule has 2 aromatic carbocycles. The van der Waals surface area contributed by atoms with Crippen LogP contribution in [0.3, 0.4) is 0 Å². The zero-order valence-electron chi connectivity index (χ0n) is 17.3. The van der Waals surface area contributed by atoms with Crippen molar-refractivity contribution in [3.63, 3.8) is 0 Å². The van der Waals surface area contributed by atoms with E-state index in [9.17, 15) is 9.59 Å². The van der Waals surface area contributed by atoms with Gasteiger partial charge in [-0.2, -0.15) is 0 Å². The number of benzene rings is 2. The first-order chi connectivity index (χ1) is 13.8. The maximum atomic E-state index is 12.4. The molecule has 0 saturated heterocycles. The molecule has 0 saturated carbocycles. The van der Waals surface area contributed by atoms with E-state index in [0.29, 0.717) is 16.5 Å². The first-order valence-corrected chi connectivity index (χ1v) is 10.0. The highest BCUT2D eigenvalue weighted by Crippen LogP contribution is 2.27. The minimum Gasteiger partial charge on any atom is -0.495 e. The number of carbonyl (C=O) groups excluding carboxylic acids is 2. The summed E-state index contributed by atoms with van der Waals surface area (Å²) in [5, 5.41) is 6.34. The second-order valence-electron chi connectivity index (χ2n) is 7.14. The lowest BCUT2D eigenvalue weighted by molar-refractivity contribution is -0.862. The molecule has 6 nitrogen and oxygen atoms in total. The summed E-state index contributed by atoms with van der Waals surface area (Å²) in [6.07, 6.45) is 0.795. The van der Waals surface area contributed by atoms with Crippen molar-refractivity contribution in [2.45, 2.75) is 26.3 Å². The van der Waals surface area contributed by atoms with Gasteiger partial charge in [0.2, 0.25) is 0 Å². The molecule has 0 spiro atoms. The minimum absolute atomic E-state index is 0.0413. The van der Waals surface area contributed by atoms with Gasteiger partial charge in [-0.1, -0.05) is 48.4 Å². The van der Waals surface area contributed by atoms with E-state index in [2.05, 4.69) is 10.6 Å². The van der Waals surface area contributed by atoms with E-state index in [1.165, 1.54) is 12.7 Å². The Morgan fingerprint density at radius 3 is 2.38 bits per heavy atom. The van der Waals surface area contributed by atoms with E-state index in [0.717, 1.165) is 16.9 Å². The van der Waals surface area contributed by atoms with Crippen LogP contribution in [0.5, 0.6) is 5.75 Å². The number of likely N-dealkylation sites (N-methyl/N-ethyl adjacent to an activating group) is 1. The van der Waals surface area contributed by atoms with Crippen LogP contribution < -0.4 is 20.3 Å². The molecule has 2 rings (SSSR count). The van der Waals surface area contributed by atoms with Crippen molar-refractivity contribution in [2.24, 2.45) is 0 Å². The second-order valence-corrected chi connectivity index (χ2v) is 7.58. The van der Waals surface area contributed by atoms with Crippen molar-refractivity contribution >= 4 is 29.1 Å². The van der Waals surface area contributed by atoms with Crippen LogP contribution in [-0.2, 0) is 9.59 Å². The molecule has 2 aromatic rings. The number of rotatable bonds is 9. The van der Waals surface area contributed by atoms with Gasteiger partial charge in [0.25, 0.3) is 11.8 Å². The summed E-state index contributed by atoms with van der Waals surface area (Å²) in [6, 6.07) is 13.1. The van der Waals surface area contributed by atoms with Crippen molar-refractivity contribution in [1.82, 2.24) is 5.32 Å². The number of hydrogen-bond acceptors (Lipinski definition) is 3. The number of anilines is 1. The molecule has 29 heavy (non-hydrogen) atoms. The van der Waals surface area contributed by atoms with Gasteiger partial charge >= 0.3 is 0 Å². The largest absolute Gasteiger partial charge is 0.495 e. The number of amides is 2. The Morgan fingerprint density at radius 2 is 1.76 bits per heavy atom. The summed E-state index contributed by atoms with van der Waals surface area (Å²) in [5.74, 6) is 0.214. The Hall–Kier alpha value is -2.57.